The number of likely N-dealkylation sites (tertiary alicyclic amines) is 1. The smallest absolute Gasteiger partial charge is 0.253 e. The number of anilines is 1. The highest BCUT2D eigenvalue weighted by molar-refractivity contribution is 6.06. The van der Waals surface area contributed by atoms with Crippen LogP contribution in [0.5, 0.6) is 0 Å². The normalized spacial score (nSPS) is 28.5. The van der Waals surface area contributed by atoms with Crippen LogP contribution in [0.25, 0.3) is 0 Å². The molecular formula is C34H39N3O5. The molecule has 220 valence electrons. The molecule has 2 fully saturated rings. The number of unbranched alkanes of at least 4 members (excludes halogenated alkanes) is 2. The summed E-state index contributed by atoms with van der Waals surface area (Å²) in [5.74, 6) is -2.06. The number of aryl methyl sites for hydroxylation is 2. The number of carbonyl (C=O) groups is 3. The Morgan fingerprint density at radius 2 is 1.74 bits per heavy atom. The van der Waals surface area contributed by atoms with Crippen LogP contribution in [0.4, 0.5) is 5.69 Å². The second kappa shape index (κ2) is 11.5. The van der Waals surface area contributed by atoms with E-state index in [1.54, 1.807) is 14.7 Å². The zero-order chi connectivity index (χ0) is 29.4. The Balaban J connectivity index is 1.39. The Bertz CT molecular complexity index is 1420. The molecule has 4 heterocycles. The molecule has 2 aromatic carbocycles. The van der Waals surface area contributed by atoms with Gasteiger partial charge in [0.2, 0.25) is 11.8 Å². The summed E-state index contributed by atoms with van der Waals surface area (Å²) in [6, 6.07) is 15.0. The summed E-state index contributed by atoms with van der Waals surface area (Å²) in [5.41, 5.74) is 2.60. The number of amides is 3. The van der Waals surface area contributed by atoms with Gasteiger partial charge in [0.15, 0.2) is 0 Å². The third-order valence-corrected chi connectivity index (χ3v) is 9.17. The number of aliphatic hydroxyl groups excluding tert-OH is 1. The maximum atomic E-state index is 14.6. The number of aliphatic hydroxyl groups is 1. The van der Waals surface area contributed by atoms with Crippen LogP contribution in [0.1, 0.15) is 36.0 Å². The first-order valence-electron chi connectivity index (χ1n) is 15.0. The highest BCUT2D eigenvalue weighted by Crippen LogP contribution is 2.53. The lowest BCUT2D eigenvalue weighted by atomic mass is 9.77. The average molecular weight is 570 g/mol. The molecule has 0 aliphatic carbocycles. The average Bonchev–Trinajstić information content (AvgIpc) is 3.30. The maximum absolute atomic E-state index is 14.6. The van der Waals surface area contributed by atoms with Gasteiger partial charge in [0.25, 0.3) is 5.91 Å². The molecule has 8 heteroatoms. The molecule has 4 aliphatic heterocycles. The molecule has 0 aromatic heterocycles. The fraction of sp³-hybridized carbons (Fsp3) is 0.441. The van der Waals surface area contributed by atoms with Crippen LogP contribution in [0.15, 0.2) is 72.8 Å². The number of hydrogen-bond acceptors (Lipinski definition) is 5. The van der Waals surface area contributed by atoms with Crippen molar-refractivity contribution in [2.45, 2.75) is 57.4 Å². The lowest BCUT2D eigenvalue weighted by Gasteiger charge is -2.35. The van der Waals surface area contributed by atoms with E-state index in [9.17, 15) is 19.5 Å². The van der Waals surface area contributed by atoms with Crippen LogP contribution in [0.3, 0.4) is 0 Å². The number of carbonyl (C=O) groups excluding carboxylic acids is 3. The zero-order valence-electron chi connectivity index (χ0n) is 24.3. The fourth-order valence-electron chi connectivity index (χ4n) is 7.17. The summed E-state index contributed by atoms with van der Waals surface area (Å²) in [6.45, 7) is 5.64. The first-order valence-corrected chi connectivity index (χ1v) is 15.0. The summed E-state index contributed by atoms with van der Waals surface area (Å²) in [6.07, 6.45) is 9.08. The molecule has 4 aliphatic rings. The van der Waals surface area contributed by atoms with E-state index < -0.39 is 29.6 Å². The van der Waals surface area contributed by atoms with Crippen molar-refractivity contribution in [1.29, 1.82) is 0 Å². The predicted octanol–water partition coefficient (Wildman–Crippen LogP) is 3.55. The van der Waals surface area contributed by atoms with E-state index in [4.69, 9.17) is 4.74 Å². The third-order valence-electron chi connectivity index (χ3n) is 9.17. The Morgan fingerprint density at radius 3 is 2.52 bits per heavy atom. The van der Waals surface area contributed by atoms with Crippen molar-refractivity contribution in [3.05, 3.63) is 89.5 Å². The largest absolute Gasteiger partial charge is 0.396 e. The van der Waals surface area contributed by atoms with Gasteiger partial charge in [-0.2, -0.15) is 0 Å². The topological polar surface area (TPSA) is 90.4 Å². The van der Waals surface area contributed by atoms with Crippen LogP contribution in [0, 0.1) is 25.7 Å². The van der Waals surface area contributed by atoms with Gasteiger partial charge in [-0.25, -0.2) is 0 Å². The zero-order valence-corrected chi connectivity index (χ0v) is 24.3. The van der Waals surface area contributed by atoms with Crippen molar-refractivity contribution in [1.82, 2.24) is 9.80 Å². The molecule has 0 bridgehead atoms. The third kappa shape index (κ3) is 4.76. The highest BCUT2D eigenvalue weighted by atomic mass is 16.5. The van der Waals surface area contributed by atoms with Crippen LogP contribution < -0.4 is 4.90 Å². The van der Waals surface area contributed by atoms with E-state index in [0.717, 1.165) is 28.8 Å². The van der Waals surface area contributed by atoms with Crippen LogP contribution in [-0.2, 0) is 25.7 Å². The van der Waals surface area contributed by atoms with Crippen molar-refractivity contribution in [3.8, 4) is 0 Å². The predicted molar refractivity (Wildman–Crippen MR) is 159 cm³/mol. The molecule has 0 radical (unpaired) electrons. The monoisotopic (exact) mass is 569 g/mol. The Hall–Kier alpha value is -3.75. The van der Waals surface area contributed by atoms with E-state index in [0.29, 0.717) is 39.0 Å². The summed E-state index contributed by atoms with van der Waals surface area (Å²) >= 11 is 0. The molecule has 3 amide bonds. The van der Waals surface area contributed by atoms with Gasteiger partial charge >= 0.3 is 0 Å². The molecular weight excluding hydrogens is 530 g/mol. The lowest BCUT2D eigenvalue weighted by Crippen LogP contribution is -2.55. The molecule has 5 atom stereocenters. The standard InChI is InChI=1S/C34H39N3O5/c1-23-14-15-24(2)26(21-23)36-19-10-16-34-29(32(40)37(30(34)33(36)41)18-7-4-8-20-38)28-27(42-34)13-9-17-35(31(28)39)22-25-11-5-3-6-12-25/h3,5-6,9-16,21,27-30,38H,4,7-8,17-20,22H2,1-2H3/t27-,28+,29-,30?,34-/m0/s1. The molecule has 1 N–H and O–H groups in total. The minimum Gasteiger partial charge on any atom is -0.396 e. The molecule has 42 heavy (non-hydrogen) atoms. The number of nitrogens with zero attached hydrogens (tertiary/aromatic N) is 3. The summed E-state index contributed by atoms with van der Waals surface area (Å²) < 4.78 is 6.78. The quantitative estimate of drug-likeness (QED) is 0.388. The SMILES string of the molecule is Cc1ccc(C)c(N2CC=C[C@]34O[C@H]5C=CCN(Cc6ccccc6)C(=O)[C@H]5[C@H]3C(=O)N(CCCCCO)C4C2=O)c1. The van der Waals surface area contributed by atoms with Crippen molar-refractivity contribution >= 4 is 23.4 Å². The van der Waals surface area contributed by atoms with Crippen molar-refractivity contribution in [2.75, 3.05) is 31.1 Å². The number of rotatable bonds is 8. The van der Waals surface area contributed by atoms with Gasteiger partial charge in [-0.15, -0.1) is 0 Å². The molecule has 6 rings (SSSR count). The first kappa shape index (κ1) is 28.4. The molecule has 1 unspecified atom stereocenters. The number of hydrogen-bond donors (Lipinski definition) is 1. The Kier molecular flexibility index (Phi) is 7.77. The Morgan fingerprint density at radius 1 is 0.929 bits per heavy atom. The molecule has 0 saturated carbocycles. The van der Waals surface area contributed by atoms with E-state index in [-0.39, 0.29) is 24.3 Å². The van der Waals surface area contributed by atoms with Crippen LogP contribution in [-0.4, -0.2) is 76.6 Å². The van der Waals surface area contributed by atoms with Gasteiger partial charge in [-0.1, -0.05) is 66.8 Å². The fourth-order valence-corrected chi connectivity index (χ4v) is 7.17. The second-order valence-corrected chi connectivity index (χ2v) is 11.9. The molecule has 2 saturated heterocycles. The summed E-state index contributed by atoms with van der Waals surface area (Å²) in [5, 5.41) is 9.31. The second-order valence-electron chi connectivity index (χ2n) is 11.9. The van der Waals surface area contributed by atoms with Gasteiger partial charge < -0.3 is 24.5 Å². The minimum absolute atomic E-state index is 0.0803. The van der Waals surface area contributed by atoms with Crippen LogP contribution in [0.2, 0.25) is 0 Å². The van der Waals surface area contributed by atoms with E-state index >= 15 is 0 Å². The maximum Gasteiger partial charge on any atom is 0.253 e. The minimum atomic E-state index is -1.25. The number of ether oxygens (including phenoxy) is 1. The summed E-state index contributed by atoms with van der Waals surface area (Å²) in [7, 11) is 0. The van der Waals surface area contributed by atoms with Crippen molar-refractivity contribution in [3.63, 3.8) is 0 Å². The first-order chi connectivity index (χ1) is 20.4. The van der Waals surface area contributed by atoms with Gasteiger partial charge in [-0.3, -0.25) is 14.4 Å². The van der Waals surface area contributed by atoms with E-state index in [1.165, 1.54) is 0 Å². The Labute approximate surface area is 247 Å². The molecule has 8 nitrogen and oxygen atoms in total. The molecule has 1 spiro atoms. The van der Waals surface area contributed by atoms with Crippen LogP contribution >= 0.6 is 0 Å². The highest BCUT2D eigenvalue weighted by Gasteiger charge is 2.71. The number of fused-ring (bicyclic) bond motifs is 2. The van der Waals surface area contributed by atoms with Gasteiger partial charge in [-0.05, 0) is 55.9 Å². The van der Waals surface area contributed by atoms with Gasteiger partial charge in [0.1, 0.15) is 11.6 Å². The number of benzene rings is 2. The van der Waals surface area contributed by atoms with E-state index in [2.05, 4.69) is 0 Å². The van der Waals surface area contributed by atoms with Crippen molar-refractivity contribution < 1.29 is 24.2 Å². The molecule has 2 aromatic rings. The summed E-state index contributed by atoms with van der Waals surface area (Å²) in [4.78, 5) is 48.4. The van der Waals surface area contributed by atoms with Gasteiger partial charge in [0.05, 0.1) is 17.9 Å². The van der Waals surface area contributed by atoms with Gasteiger partial charge in [0, 0.05) is 38.5 Å². The van der Waals surface area contributed by atoms with Crippen molar-refractivity contribution in [2.24, 2.45) is 11.8 Å². The lowest BCUT2D eigenvalue weighted by molar-refractivity contribution is -0.144. The van der Waals surface area contributed by atoms with E-state index in [1.807, 2.05) is 86.7 Å².